The van der Waals surface area contributed by atoms with Crippen LogP contribution in [0.4, 0.5) is 10.2 Å². The van der Waals surface area contributed by atoms with Crippen LogP contribution in [0.15, 0.2) is 31.0 Å². The molecule has 3 heterocycles. The predicted molar refractivity (Wildman–Crippen MR) is 134 cm³/mol. The Morgan fingerprint density at radius 3 is 2.89 bits per heavy atom. The van der Waals surface area contributed by atoms with Crippen LogP contribution in [0.2, 0.25) is 0 Å². The molecule has 35 heavy (non-hydrogen) atoms. The van der Waals surface area contributed by atoms with E-state index >= 15 is 4.39 Å². The quantitative estimate of drug-likeness (QED) is 0.505. The molecule has 0 saturated carbocycles. The maximum Gasteiger partial charge on any atom is 0.318 e. The van der Waals surface area contributed by atoms with Crippen LogP contribution < -0.4 is 9.64 Å². The number of aromatic nitrogens is 3. The molecule has 2 unspecified atom stereocenters. The maximum atomic E-state index is 16.2. The first kappa shape index (κ1) is 23.5. The molecule has 0 radical (unpaired) electrons. The van der Waals surface area contributed by atoms with E-state index < -0.39 is 11.4 Å². The molecule has 3 aromatic rings. The molecule has 2 atom stereocenters. The van der Waals surface area contributed by atoms with Crippen molar-refractivity contribution in [2.24, 2.45) is 0 Å². The van der Waals surface area contributed by atoms with E-state index in [2.05, 4.69) is 21.5 Å². The minimum absolute atomic E-state index is 0.0521. The summed E-state index contributed by atoms with van der Waals surface area (Å²) in [6.45, 7) is 6.74. The molecule has 2 aliphatic rings. The highest BCUT2D eigenvalue weighted by Gasteiger charge is 2.32. The van der Waals surface area contributed by atoms with E-state index in [1.54, 1.807) is 25.3 Å². The number of fused-ring (bicyclic) bond motifs is 2. The fraction of sp³-hybridized carbons (Fsp3) is 0.444. The summed E-state index contributed by atoms with van der Waals surface area (Å²) in [4.78, 5) is 15.3. The Kier molecular flexibility index (Phi) is 6.09. The van der Waals surface area contributed by atoms with Crippen molar-refractivity contribution in [1.82, 2.24) is 15.0 Å². The Morgan fingerprint density at radius 1 is 1.31 bits per heavy atom. The van der Waals surface area contributed by atoms with Crippen molar-refractivity contribution in [3.05, 3.63) is 47.9 Å². The predicted octanol–water partition coefficient (Wildman–Crippen LogP) is 4.89. The molecule has 1 aliphatic carbocycles. The minimum atomic E-state index is -0.866. The number of allylic oxidation sites excluding steroid dienone is 1. The van der Waals surface area contributed by atoms with Crippen LogP contribution >= 0.6 is 0 Å². The molecule has 1 saturated heterocycles. The summed E-state index contributed by atoms with van der Waals surface area (Å²) in [5.74, 6) is 0.196. The van der Waals surface area contributed by atoms with Gasteiger partial charge >= 0.3 is 6.01 Å². The molecule has 184 valence electrons. The number of hydrogen-bond donors (Lipinski definition) is 2. The molecule has 8 heteroatoms. The zero-order valence-electron chi connectivity index (χ0n) is 20.2. The van der Waals surface area contributed by atoms with Gasteiger partial charge in [-0.1, -0.05) is 6.08 Å². The fourth-order valence-corrected chi connectivity index (χ4v) is 5.64. The number of phenols is 1. The lowest BCUT2D eigenvalue weighted by Gasteiger charge is -2.37. The van der Waals surface area contributed by atoms with Crippen molar-refractivity contribution >= 4 is 16.7 Å². The first-order valence-corrected chi connectivity index (χ1v) is 12.2. The maximum absolute atomic E-state index is 16.2. The molecule has 0 amide bonds. The summed E-state index contributed by atoms with van der Waals surface area (Å²) in [5.41, 5.74) is 2.03. The van der Waals surface area contributed by atoms with Gasteiger partial charge in [-0.15, -0.1) is 6.58 Å². The zero-order chi connectivity index (χ0) is 24.7. The highest BCUT2D eigenvalue weighted by atomic mass is 19.1. The number of aryl methyl sites for hydroxylation is 1. The number of hydrogen-bond acceptors (Lipinski definition) is 7. The number of aromatic hydroxyl groups is 1. The van der Waals surface area contributed by atoms with Crippen LogP contribution in [0.5, 0.6) is 11.8 Å². The van der Waals surface area contributed by atoms with Gasteiger partial charge in [0.25, 0.3) is 0 Å². The van der Waals surface area contributed by atoms with Gasteiger partial charge in [0.15, 0.2) is 5.82 Å². The van der Waals surface area contributed by atoms with Gasteiger partial charge in [-0.25, -0.2) is 4.39 Å². The Bertz CT molecular complexity index is 1290. The normalized spacial score (nSPS) is 22.2. The number of rotatable bonds is 5. The third-order valence-corrected chi connectivity index (χ3v) is 7.16. The van der Waals surface area contributed by atoms with Crippen LogP contribution in [0.25, 0.3) is 22.2 Å². The summed E-state index contributed by atoms with van der Waals surface area (Å²) in [5, 5.41) is 21.5. The number of piperidine rings is 1. The highest BCUT2D eigenvalue weighted by molar-refractivity contribution is 5.92. The van der Waals surface area contributed by atoms with Gasteiger partial charge in [-0.2, -0.15) is 9.97 Å². The van der Waals surface area contributed by atoms with Gasteiger partial charge in [-0.05, 0) is 74.6 Å². The van der Waals surface area contributed by atoms with Gasteiger partial charge in [0.05, 0.1) is 18.1 Å². The molecule has 2 aromatic heterocycles. The van der Waals surface area contributed by atoms with E-state index in [9.17, 15) is 10.2 Å². The van der Waals surface area contributed by atoms with Gasteiger partial charge in [0.2, 0.25) is 0 Å². The molecule has 1 fully saturated rings. The van der Waals surface area contributed by atoms with Crippen molar-refractivity contribution in [3.63, 3.8) is 0 Å². The smallest absolute Gasteiger partial charge is 0.318 e. The van der Waals surface area contributed by atoms with Crippen LogP contribution in [-0.2, 0) is 6.42 Å². The van der Waals surface area contributed by atoms with Crippen molar-refractivity contribution in [1.29, 1.82) is 0 Å². The Balaban J connectivity index is 1.70. The molecule has 1 aliphatic heterocycles. The number of methoxy groups -OCH3 is 1. The standard InChI is InChI=1S/C27H31FN4O3/c1-4-7-16-8-5-9-17-12-18(33)13-19(21(16)17)23-22(28)24-20(14-29-23)25(31-26(30-24)35-3)32-11-6-10-27(2,34)15-32/h4,12-14,16,33-34H,1,5-11,15H2,2-3H3. The van der Waals surface area contributed by atoms with Crippen LogP contribution in [-0.4, -0.2) is 51.0 Å². The lowest BCUT2D eigenvalue weighted by atomic mass is 9.77. The topological polar surface area (TPSA) is 91.6 Å². The Labute approximate surface area is 204 Å². The molecule has 2 N–H and O–H groups in total. The van der Waals surface area contributed by atoms with Crippen molar-refractivity contribution in [2.45, 2.75) is 57.0 Å². The van der Waals surface area contributed by atoms with Crippen LogP contribution in [0, 0.1) is 5.82 Å². The van der Waals surface area contributed by atoms with Gasteiger partial charge in [0, 0.05) is 24.8 Å². The Morgan fingerprint density at radius 2 is 2.14 bits per heavy atom. The van der Waals surface area contributed by atoms with E-state index in [0.717, 1.165) is 43.2 Å². The fourth-order valence-electron chi connectivity index (χ4n) is 5.64. The molecule has 0 spiro atoms. The SMILES string of the molecule is C=CCC1CCCc2cc(O)cc(-c3ncc4c(N5CCCC(C)(O)C5)nc(OC)nc4c3F)c21. The monoisotopic (exact) mass is 478 g/mol. The molecular weight excluding hydrogens is 447 g/mol. The Hall–Kier alpha value is -3.26. The van der Waals surface area contributed by atoms with Crippen molar-refractivity contribution < 1.29 is 19.3 Å². The first-order chi connectivity index (χ1) is 16.8. The average molecular weight is 479 g/mol. The number of halogens is 1. The first-order valence-electron chi connectivity index (χ1n) is 12.2. The summed E-state index contributed by atoms with van der Waals surface area (Å²) in [6, 6.07) is 3.42. The van der Waals surface area contributed by atoms with E-state index in [1.165, 1.54) is 7.11 Å². The summed E-state index contributed by atoms with van der Waals surface area (Å²) < 4.78 is 21.5. The third-order valence-electron chi connectivity index (χ3n) is 7.16. The van der Waals surface area contributed by atoms with E-state index in [-0.39, 0.29) is 28.9 Å². The van der Waals surface area contributed by atoms with Crippen LogP contribution in [0.3, 0.4) is 0 Å². The minimum Gasteiger partial charge on any atom is -0.508 e. The second-order valence-corrected chi connectivity index (χ2v) is 9.92. The molecular formula is C27H31FN4O3. The third kappa shape index (κ3) is 4.31. The summed E-state index contributed by atoms with van der Waals surface area (Å²) in [6.07, 6.45) is 8.54. The summed E-state index contributed by atoms with van der Waals surface area (Å²) >= 11 is 0. The second kappa shape index (κ2) is 9.07. The number of β-amino-alcohol motifs (C(OH)–C–C–N with tert-alkyl or cyclic N) is 1. The van der Waals surface area contributed by atoms with Crippen LogP contribution in [0.1, 0.15) is 56.1 Å². The number of benzene rings is 1. The average Bonchev–Trinajstić information content (AvgIpc) is 2.83. The highest BCUT2D eigenvalue weighted by Crippen LogP contribution is 2.44. The number of aliphatic hydroxyl groups is 1. The zero-order valence-corrected chi connectivity index (χ0v) is 20.2. The number of anilines is 1. The van der Waals surface area contributed by atoms with E-state index in [1.807, 2.05) is 11.0 Å². The number of phenolic OH excluding ortho intramolecular Hbond substituents is 1. The lowest BCUT2D eigenvalue weighted by Crippen LogP contribution is -2.46. The number of pyridine rings is 1. The van der Waals surface area contributed by atoms with Gasteiger partial charge in [0.1, 0.15) is 22.8 Å². The van der Waals surface area contributed by atoms with Gasteiger partial charge < -0.3 is 19.8 Å². The van der Waals surface area contributed by atoms with Crippen molar-refractivity contribution in [2.75, 3.05) is 25.1 Å². The number of ether oxygens (including phenoxy) is 1. The van der Waals surface area contributed by atoms with E-state index in [4.69, 9.17) is 4.74 Å². The molecule has 0 bridgehead atoms. The molecule has 7 nitrogen and oxygen atoms in total. The van der Waals surface area contributed by atoms with E-state index in [0.29, 0.717) is 36.3 Å². The largest absolute Gasteiger partial charge is 0.508 e. The number of nitrogens with zero attached hydrogens (tertiary/aromatic N) is 4. The lowest BCUT2D eigenvalue weighted by molar-refractivity contribution is 0.0447. The summed E-state index contributed by atoms with van der Waals surface area (Å²) in [7, 11) is 1.45. The molecule has 5 rings (SSSR count). The van der Waals surface area contributed by atoms with Gasteiger partial charge in [-0.3, -0.25) is 4.98 Å². The molecule has 1 aromatic carbocycles. The van der Waals surface area contributed by atoms with Crippen molar-refractivity contribution in [3.8, 4) is 23.0 Å². The second-order valence-electron chi connectivity index (χ2n) is 9.92.